The molecule has 2 aromatic carbocycles. The molecule has 0 radical (unpaired) electrons. The maximum atomic E-state index is 13.6. The van der Waals surface area contributed by atoms with Crippen molar-refractivity contribution in [3.63, 3.8) is 0 Å². The molecule has 1 aliphatic rings. The third-order valence-corrected chi connectivity index (χ3v) is 7.36. The van der Waals surface area contributed by atoms with Gasteiger partial charge in [0.25, 0.3) is 5.91 Å². The lowest BCUT2D eigenvalue weighted by Gasteiger charge is -2.34. The summed E-state index contributed by atoms with van der Waals surface area (Å²) in [5.41, 5.74) is 5.27. The number of carbonyl (C=O) groups is 1. The number of aromatic nitrogens is 1. The van der Waals surface area contributed by atoms with Crippen LogP contribution in [0, 0.1) is 19.7 Å². The molecule has 35 heavy (non-hydrogen) atoms. The van der Waals surface area contributed by atoms with Crippen molar-refractivity contribution in [1.29, 1.82) is 0 Å². The van der Waals surface area contributed by atoms with E-state index in [1.165, 1.54) is 12.1 Å². The molecule has 8 heteroatoms. The van der Waals surface area contributed by atoms with Gasteiger partial charge in [0.2, 0.25) is 0 Å². The Kier molecular flexibility index (Phi) is 7.99. The molecule has 4 rings (SSSR count). The first-order valence-corrected chi connectivity index (χ1v) is 12.7. The number of piperazine rings is 1. The Labute approximate surface area is 211 Å². The fraction of sp³-hybridized carbons (Fsp3) is 0.444. The first-order valence-electron chi connectivity index (χ1n) is 12.3. The number of amides is 1. The number of nitrogens with zero attached hydrogens (tertiary/aromatic N) is 3. The number of fused-ring (bicyclic) bond motifs is 1. The van der Waals surface area contributed by atoms with Crippen LogP contribution in [0.1, 0.15) is 40.5 Å². The number of benzene rings is 2. The van der Waals surface area contributed by atoms with Crippen molar-refractivity contribution in [2.75, 3.05) is 44.6 Å². The van der Waals surface area contributed by atoms with Crippen LogP contribution in [0.5, 0.6) is 0 Å². The second-order valence-corrected chi connectivity index (χ2v) is 9.63. The predicted molar refractivity (Wildman–Crippen MR) is 140 cm³/mol. The molecule has 0 unspecified atom stereocenters. The molecule has 3 aromatic rings. The number of carbonyl (C=O) groups excluding carboxylic acids is 1. The molecule has 1 aliphatic heterocycles. The van der Waals surface area contributed by atoms with Crippen LogP contribution in [-0.2, 0) is 13.1 Å². The van der Waals surface area contributed by atoms with Gasteiger partial charge in [0.1, 0.15) is 5.82 Å². The lowest BCUT2D eigenvalue weighted by Crippen LogP contribution is -2.49. The van der Waals surface area contributed by atoms with E-state index in [-0.39, 0.29) is 18.3 Å². The summed E-state index contributed by atoms with van der Waals surface area (Å²) in [7, 11) is 0. The van der Waals surface area contributed by atoms with Gasteiger partial charge in [0.05, 0.1) is 22.8 Å². The third-order valence-electron chi connectivity index (χ3n) is 6.88. The topological polar surface area (TPSA) is 60.7 Å². The Morgan fingerprint density at radius 3 is 2.51 bits per heavy atom. The summed E-state index contributed by atoms with van der Waals surface area (Å²) in [6.45, 7) is 10.8. The fourth-order valence-electron chi connectivity index (χ4n) is 4.88. The van der Waals surface area contributed by atoms with Crippen LogP contribution in [-0.4, -0.2) is 64.7 Å². The van der Waals surface area contributed by atoms with Crippen LogP contribution >= 0.6 is 11.6 Å². The maximum Gasteiger partial charge on any atom is 0.254 e. The molecule has 0 bridgehead atoms. The molecule has 2 N–H and O–H groups in total. The highest BCUT2D eigenvalue weighted by Gasteiger charge is 2.25. The normalized spacial score (nSPS) is 14.6. The third kappa shape index (κ3) is 5.32. The summed E-state index contributed by atoms with van der Waals surface area (Å²) < 4.78 is 15.8. The largest absolute Gasteiger partial charge is 0.395 e. The molecular formula is C27H34ClFN4O2. The van der Waals surface area contributed by atoms with Gasteiger partial charge in [-0.1, -0.05) is 24.6 Å². The van der Waals surface area contributed by atoms with E-state index in [4.69, 9.17) is 11.6 Å². The quantitative estimate of drug-likeness (QED) is 0.465. The van der Waals surface area contributed by atoms with Crippen LogP contribution in [0.25, 0.3) is 10.9 Å². The van der Waals surface area contributed by atoms with Crippen molar-refractivity contribution in [2.45, 2.75) is 40.3 Å². The number of halogens is 2. The van der Waals surface area contributed by atoms with Crippen molar-refractivity contribution < 1.29 is 14.3 Å². The minimum atomic E-state index is -0.250. The highest BCUT2D eigenvalue weighted by Crippen LogP contribution is 2.37. The summed E-state index contributed by atoms with van der Waals surface area (Å²) >= 11 is 6.79. The van der Waals surface area contributed by atoms with Gasteiger partial charge in [-0.15, -0.1) is 0 Å². The highest BCUT2D eigenvalue weighted by molar-refractivity contribution is 6.37. The summed E-state index contributed by atoms with van der Waals surface area (Å²) in [6.07, 6.45) is 0.955. The molecule has 2 heterocycles. The molecule has 188 valence electrons. The minimum Gasteiger partial charge on any atom is -0.395 e. The molecule has 1 aromatic heterocycles. The van der Waals surface area contributed by atoms with Crippen molar-refractivity contribution in [3.05, 3.63) is 63.6 Å². The number of nitrogens with one attached hydrogen (secondary N) is 1. The van der Waals surface area contributed by atoms with Gasteiger partial charge in [-0.2, -0.15) is 0 Å². The Balaban J connectivity index is 1.70. The van der Waals surface area contributed by atoms with E-state index in [1.807, 2.05) is 30.9 Å². The minimum absolute atomic E-state index is 0.0199. The van der Waals surface area contributed by atoms with Gasteiger partial charge in [-0.3, -0.25) is 9.69 Å². The molecular weight excluding hydrogens is 467 g/mol. The average molecular weight is 501 g/mol. The Bertz CT molecular complexity index is 1220. The molecule has 0 atom stereocenters. The average Bonchev–Trinajstić information content (AvgIpc) is 3.09. The number of rotatable bonds is 8. The van der Waals surface area contributed by atoms with Crippen molar-refractivity contribution in [3.8, 4) is 0 Å². The van der Waals surface area contributed by atoms with Crippen LogP contribution in [0.2, 0.25) is 5.02 Å². The van der Waals surface area contributed by atoms with Crippen LogP contribution in [0.3, 0.4) is 0 Å². The fourth-order valence-corrected chi connectivity index (χ4v) is 5.13. The number of aliphatic hydroxyl groups is 1. The molecule has 0 saturated carbocycles. The van der Waals surface area contributed by atoms with Gasteiger partial charge in [0, 0.05) is 62.5 Å². The molecule has 0 spiro atoms. The van der Waals surface area contributed by atoms with Crippen molar-refractivity contribution in [1.82, 2.24) is 14.4 Å². The standard InChI is InChI=1S/C27H34ClFN4O2/c1-4-7-33-19(3)25(28)23-15-21(27(35)32-10-8-31(9-11-32)12-13-34)16-24(26(23)33)30-17-20-5-6-22(29)14-18(20)2/h5-6,14-16,30,34H,4,7-13,17H2,1-3H3. The maximum absolute atomic E-state index is 13.6. The number of hydrogen-bond donors (Lipinski definition) is 2. The summed E-state index contributed by atoms with van der Waals surface area (Å²) in [5, 5.41) is 14.2. The lowest BCUT2D eigenvalue weighted by atomic mass is 10.1. The second kappa shape index (κ2) is 11.0. The van der Waals surface area contributed by atoms with E-state index in [0.717, 1.165) is 59.5 Å². The zero-order valence-corrected chi connectivity index (χ0v) is 21.5. The molecule has 0 aliphatic carbocycles. The smallest absolute Gasteiger partial charge is 0.254 e. The van der Waals surface area contributed by atoms with Crippen molar-refractivity contribution >= 4 is 34.1 Å². The lowest BCUT2D eigenvalue weighted by molar-refractivity contribution is 0.0615. The Morgan fingerprint density at radius 1 is 1.11 bits per heavy atom. The Hall–Kier alpha value is -2.61. The molecule has 6 nitrogen and oxygen atoms in total. The zero-order valence-electron chi connectivity index (χ0n) is 20.7. The number of β-amino-alcohol motifs (C(OH)–C–C–N with tert-alkyl or cyclic N) is 1. The predicted octanol–water partition coefficient (Wildman–Crippen LogP) is 4.82. The summed E-state index contributed by atoms with van der Waals surface area (Å²) in [5.74, 6) is -0.270. The van der Waals surface area contributed by atoms with E-state index in [2.05, 4.69) is 21.7 Å². The number of aliphatic hydroxyl groups excluding tert-OH is 1. The van der Waals surface area contributed by atoms with Crippen LogP contribution < -0.4 is 5.32 Å². The molecule has 1 fully saturated rings. The summed E-state index contributed by atoms with van der Waals surface area (Å²) in [4.78, 5) is 17.5. The first-order chi connectivity index (χ1) is 16.8. The first kappa shape index (κ1) is 25.5. The van der Waals surface area contributed by atoms with Gasteiger partial charge in [0.15, 0.2) is 0 Å². The van der Waals surface area contributed by atoms with E-state index in [9.17, 15) is 14.3 Å². The van der Waals surface area contributed by atoms with E-state index in [1.54, 1.807) is 6.07 Å². The SMILES string of the molecule is CCCn1c(C)c(Cl)c2cc(C(=O)N3CCN(CCO)CC3)cc(NCc3ccc(F)cc3C)c21. The number of aryl methyl sites for hydroxylation is 2. The number of anilines is 1. The van der Waals surface area contributed by atoms with Crippen molar-refractivity contribution in [2.24, 2.45) is 0 Å². The van der Waals surface area contributed by atoms with Gasteiger partial charge in [-0.05, 0) is 55.7 Å². The summed E-state index contributed by atoms with van der Waals surface area (Å²) in [6, 6.07) is 8.62. The number of hydrogen-bond acceptors (Lipinski definition) is 4. The van der Waals surface area contributed by atoms with Crippen LogP contribution in [0.4, 0.5) is 10.1 Å². The Morgan fingerprint density at radius 2 is 1.86 bits per heavy atom. The zero-order chi connectivity index (χ0) is 25.1. The molecule has 1 saturated heterocycles. The van der Waals surface area contributed by atoms with Gasteiger partial charge in [-0.25, -0.2) is 4.39 Å². The van der Waals surface area contributed by atoms with E-state index in [0.29, 0.717) is 36.8 Å². The molecule has 1 amide bonds. The second-order valence-electron chi connectivity index (χ2n) is 9.25. The van der Waals surface area contributed by atoms with Crippen LogP contribution in [0.15, 0.2) is 30.3 Å². The van der Waals surface area contributed by atoms with Gasteiger partial charge >= 0.3 is 0 Å². The van der Waals surface area contributed by atoms with E-state index >= 15 is 0 Å². The van der Waals surface area contributed by atoms with Gasteiger partial charge < -0.3 is 19.9 Å². The monoisotopic (exact) mass is 500 g/mol. The highest BCUT2D eigenvalue weighted by atomic mass is 35.5. The van der Waals surface area contributed by atoms with E-state index < -0.39 is 0 Å².